The van der Waals surface area contributed by atoms with Crippen LogP contribution in [0.1, 0.15) is 46.5 Å². The third-order valence-electron chi connectivity index (χ3n) is 4.50. The number of rotatable bonds is 4. The zero-order chi connectivity index (χ0) is 13.5. The van der Waals surface area contributed by atoms with Crippen LogP contribution in [-0.4, -0.2) is 22.5 Å². The summed E-state index contributed by atoms with van der Waals surface area (Å²) < 4.78 is 0. The maximum Gasteiger partial charge on any atom is 0.307 e. The van der Waals surface area contributed by atoms with E-state index in [0.29, 0.717) is 24.7 Å². The topological polar surface area (TPSA) is 66.4 Å². The average Bonchev–Trinajstić information content (AvgIpc) is 3.01. The molecule has 2 aliphatic carbocycles. The number of carboxylic acids is 1. The normalized spacial score (nSPS) is 32.3. The van der Waals surface area contributed by atoms with Crippen molar-refractivity contribution >= 4 is 11.9 Å². The van der Waals surface area contributed by atoms with E-state index in [1.807, 2.05) is 20.8 Å². The smallest absolute Gasteiger partial charge is 0.307 e. The zero-order valence-electron chi connectivity index (χ0n) is 11.4. The molecular weight excluding hydrogens is 230 g/mol. The van der Waals surface area contributed by atoms with Gasteiger partial charge in [0.05, 0.1) is 11.8 Å². The molecule has 0 aromatic heterocycles. The van der Waals surface area contributed by atoms with Crippen LogP contribution in [0.3, 0.4) is 0 Å². The Balaban J connectivity index is 2.01. The van der Waals surface area contributed by atoms with Gasteiger partial charge >= 0.3 is 5.97 Å². The van der Waals surface area contributed by atoms with Crippen molar-refractivity contribution in [1.29, 1.82) is 0 Å². The molecular formula is C14H23NO3. The Hall–Kier alpha value is -1.06. The highest BCUT2D eigenvalue weighted by atomic mass is 16.4. The summed E-state index contributed by atoms with van der Waals surface area (Å²) in [5.41, 5.74) is -0.189. The van der Waals surface area contributed by atoms with Crippen LogP contribution < -0.4 is 5.32 Å². The van der Waals surface area contributed by atoms with Gasteiger partial charge in [-0.05, 0) is 51.4 Å². The van der Waals surface area contributed by atoms with Gasteiger partial charge in [0.2, 0.25) is 5.91 Å². The van der Waals surface area contributed by atoms with Crippen molar-refractivity contribution in [2.24, 2.45) is 23.7 Å². The molecule has 0 heterocycles. The fourth-order valence-corrected chi connectivity index (χ4v) is 3.17. The van der Waals surface area contributed by atoms with Gasteiger partial charge in [-0.1, -0.05) is 6.92 Å². The molecule has 2 N–H and O–H groups in total. The summed E-state index contributed by atoms with van der Waals surface area (Å²) in [6.45, 7) is 6.10. The highest BCUT2D eigenvalue weighted by molar-refractivity contribution is 5.85. The Morgan fingerprint density at radius 1 is 1.17 bits per heavy atom. The Labute approximate surface area is 108 Å². The van der Waals surface area contributed by atoms with Crippen LogP contribution in [0.25, 0.3) is 0 Å². The van der Waals surface area contributed by atoms with Crippen molar-refractivity contribution in [1.82, 2.24) is 5.32 Å². The first-order valence-corrected chi connectivity index (χ1v) is 6.86. The molecule has 0 radical (unpaired) electrons. The molecule has 4 heteroatoms. The van der Waals surface area contributed by atoms with Crippen LogP contribution >= 0.6 is 0 Å². The van der Waals surface area contributed by atoms with Gasteiger partial charge in [0.25, 0.3) is 0 Å². The molecule has 2 aliphatic rings. The fraction of sp³-hybridized carbons (Fsp3) is 0.857. The predicted molar refractivity (Wildman–Crippen MR) is 68.0 cm³/mol. The van der Waals surface area contributed by atoms with Gasteiger partial charge in [-0.15, -0.1) is 0 Å². The van der Waals surface area contributed by atoms with E-state index in [2.05, 4.69) is 5.32 Å². The van der Waals surface area contributed by atoms with Crippen LogP contribution in [0.2, 0.25) is 0 Å². The number of carboxylic acid groups (broad SMARTS) is 1. The third-order valence-corrected chi connectivity index (χ3v) is 4.50. The van der Waals surface area contributed by atoms with Crippen molar-refractivity contribution in [3.63, 3.8) is 0 Å². The second kappa shape index (κ2) is 4.56. The second-order valence-electron chi connectivity index (χ2n) is 6.61. The van der Waals surface area contributed by atoms with E-state index in [1.165, 1.54) is 0 Å². The molecule has 0 spiro atoms. The van der Waals surface area contributed by atoms with Crippen molar-refractivity contribution < 1.29 is 14.7 Å². The van der Waals surface area contributed by atoms with E-state index in [4.69, 9.17) is 0 Å². The van der Waals surface area contributed by atoms with Gasteiger partial charge in [0.1, 0.15) is 0 Å². The molecule has 102 valence electrons. The van der Waals surface area contributed by atoms with E-state index in [9.17, 15) is 14.7 Å². The summed E-state index contributed by atoms with van der Waals surface area (Å²) in [5, 5.41) is 12.3. The fourth-order valence-electron chi connectivity index (χ4n) is 3.17. The maximum absolute atomic E-state index is 12.3. The Bertz CT molecular complexity index is 360. The minimum absolute atomic E-state index is 0.0661. The number of amides is 1. The number of carbonyl (C=O) groups is 2. The predicted octanol–water partition coefficient (Wildman–Crippen LogP) is 2.04. The summed E-state index contributed by atoms with van der Waals surface area (Å²) in [7, 11) is 0. The van der Waals surface area contributed by atoms with Gasteiger partial charge in [0.15, 0.2) is 0 Å². The summed E-state index contributed by atoms with van der Waals surface area (Å²) >= 11 is 0. The first kappa shape index (κ1) is 13.4. The molecule has 0 aromatic carbocycles. The standard InChI is InChI=1S/C14H23NO3/c1-8-6-10(11(7-8)13(17)18)12(16)15-14(2,3)9-4-5-9/h8-11H,4-7H2,1-3H3,(H,15,16)(H,17,18)/t8?,10-,11+/m0/s1. The summed E-state index contributed by atoms with van der Waals surface area (Å²) in [5.74, 6) is -0.868. The molecule has 2 fully saturated rings. The number of hydrogen-bond donors (Lipinski definition) is 2. The lowest BCUT2D eigenvalue weighted by molar-refractivity contribution is -0.146. The SMILES string of the molecule is CC1C[C@H](C(=O)NC(C)(C)C2CC2)[C@H](C(=O)O)C1. The molecule has 4 nitrogen and oxygen atoms in total. The quantitative estimate of drug-likeness (QED) is 0.805. The monoisotopic (exact) mass is 253 g/mol. The van der Waals surface area contributed by atoms with E-state index in [-0.39, 0.29) is 17.4 Å². The Morgan fingerprint density at radius 3 is 2.22 bits per heavy atom. The third kappa shape index (κ3) is 2.68. The Morgan fingerprint density at radius 2 is 1.72 bits per heavy atom. The van der Waals surface area contributed by atoms with E-state index in [1.54, 1.807) is 0 Å². The van der Waals surface area contributed by atoms with E-state index >= 15 is 0 Å². The van der Waals surface area contributed by atoms with Crippen LogP contribution in [0.15, 0.2) is 0 Å². The second-order valence-corrected chi connectivity index (χ2v) is 6.61. The molecule has 0 aliphatic heterocycles. The molecule has 18 heavy (non-hydrogen) atoms. The summed E-state index contributed by atoms with van der Waals surface area (Å²) in [6, 6.07) is 0. The van der Waals surface area contributed by atoms with Gasteiger partial charge < -0.3 is 10.4 Å². The van der Waals surface area contributed by atoms with Crippen LogP contribution in [0, 0.1) is 23.7 Å². The molecule has 3 atom stereocenters. The van der Waals surface area contributed by atoms with Crippen molar-refractivity contribution in [2.45, 2.75) is 52.0 Å². The maximum atomic E-state index is 12.3. The Kier molecular flexibility index (Phi) is 3.39. The van der Waals surface area contributed by atoms with Crippen molar-refractivity contribution in [3.8, 4) is 0 Å². The molecule has 0 aromatic rings. The zero-order valence-corrected chi connectivity index (χ0v) is 11.4. The molecule has 2 rings (SSSR count). The van der Waals surface area contributed by atoms with Crippen LogP contribution in [0.5, 0.6) is 0 Å². The van der Waals surface area contributed by atoms with E-state index < -0.39 is 11.9 Å². The largest absolute Gasteiger partial charge is 0.481 e. The number of carbonyl (C=O) groups excluding carboxylic acids is 1. The van der Waals surface area contributed by atoms with Crippen molar-refractivity contribution in [3.05, 3.63) is 0 Å². The molecule has 1 amide bonds. The van der Waals surface area contributed by atoms with E-state index in [0.717, 1.165) is 12.8 Å². The van der Waals surface area contributed by atoms with Crippen LogP contribution in [0.4, 0.5) is 0 Å². The van der Waals surface area contributed by atoms with Gasteiger partial charge in [-0.25, -0.2) is 0 Å². The van der Waals surface area contributed by atoms with Crippen molar-refractivity contribution in [2.75, 3.05) is 0 Å². The first-order valence-electron chi connectivity index (χ1n) is 6.86. The summed E-state index contributed by atoms with van der Waals surface area (Å²) in [4.78, 5) is 23.5. The molecule has 0 saturated heterocycles. The summed E-state index contributed by atoms with van der Waals surface area (Å²) in [6.07, 6.45) is 3.65. The number of aliphatic carboxylic acids is 1. The molecule has 0 bridgehead atoms. The van der Waals surface area contributed by atoms with Crippen LogP contribution in [-0.2, 0) is 9.59 Å². The minimum Gasteiger partial charge on any atom is -0.481 e. The lowest BCUT2D eigenvalue weighted by Crippen LogP contribution is -2.48. The van der Waals surface area contributed by atoms with Gasteiger partial charge in [0, 0.05) is 5.54 Å². The first-order chi connectivity index (χ1) is 8.31. The molecule has 1 unspecified atom stereocenters. The highest BCUT2D eigenvalue weighted by Crippen LogP contribution is 2.41. The molecule has 2 saturated carbocycles. The number of nitrogens with one attached hydrogen (secondary N) is 1. The highest BCUT2D eigenvalue weighted by Gasteiger charge is 2.45. The van der Waals surface area contributed by atoms with Gasteiger partial charge in [-0.2, -0.15) is 0 Å². The number of hydrogen-bond acceptors (Lipinski definition) is 2. The lowest BCUT2D eigenvalue weighted by atomic mass is 9.92. The van der Waals surface area contributed by atoms with Gasteiger partial charge in [-0.3, -0.25) is 9.59 Å². The lowest BCUT2D eigenvalue weighted by Gasteiger charge is -2.28. The average molecular weight is 253 g/mol. The minimum atomic E-state index is -0.830.